The van der Waals surface area contributed by atoms with Crippen LogP contribution in [0, 0.1) is 0 Å². The first-order valence-electron chi connectivity index (χ1n) is 8.24. The van der Waals surface area contributed by atoms with Crippen molar-refractivity contribution in [2.75, 3.05) is 0 Å². The lowest BCUT2D eigenvalue weighted by molar-refractivity contribution is 1.11. The predicted molar refractivity (Wildman–Crippen MR) is 103 cm³/mol. The lowest BCUT2D eigenvalue weighted by atomic mass is 10.2. The van der Waals surface area contributed by atoms with Crippen molar-refractivity contribution in [3.05, 3.63) is 55.0 Å². The first kappa shape index (κ1) is 22.2. The zero-order chi connectivity index (χ0) is 17.4. The number of nitrogens with zero attached hydrogens (tertiary/aromatic N) is 2. The van der Waals surface area contributed by atoms with Crippen LogP contribution < -0.4 is 0 Å². The summed E-state index contributed by atoms with van der Waals surface area (Å²) in [4.78, 5) is 4.55. The lowest BCUT2D eigenvalue weighted by Crippen LogP contribution is -1.86. The highest BCUT2D eigenvalue weighted by molar-refractivity contribution is 5.61. The summed E-state index contributed by atoms with van der Waals surface area (Å²) in [5.74, 6) is 0.899. The van der Waals surface area contributed by atoms with Crippen molar-refractivity contribution in [2.45, 2.75) is 48.5 Å². The molecule has 0 unspecified atom stereocenters. The third-order valence-corrected chi connectivity index (χ3v) is 2.34. The zero-order valence-corrected chi connectivity index (χ0v) is 15.3. The van der Waals surface area contributed by atoms with Crippen molar-refractivity contribution in [1.29, 1.82) is 0 Å². The maximum absolute atomic E-state index is 4.55. The van der Waals surface area contributed by atoms with Gasteiger partial charge in [-0.15, -0.1) is 0 Å². The molecule has 2 aromatic rings. The molecule has 0 radical (unpaired) electrons. The molecule has 0 aliphatic carbocycles. The fourth-order valence-corrected chi connectivity index (χ4v) is 1.57. The highest BCUT2D eigenvalue weighted by atomic mass is 15.0. The average Bonchev–Trinajstić information content (AvgIpc) is 3.04. The van der Waals surface area contributed by atoms with Gasteiger partial charge in [0.05, 0.1) is 5.69 Å². The molecule has 2 nitrogen and oxygen atoms in total. The van der Waals surface area contributed by atoms with Gasteiger partial charge in [-0.3, -0.25) is 0 Å². The van der Waals surface area contributed by atoms with Crippen LogP contribution in [0.5, 0.6) is 0 Å². The van der Waals surface area contributed by atoms with Gasteiger partial charge >= 0.3 is 0 Å². The highest BCUT2D eigenvalue weighted by Crippen LogP contribution is 2.18. The highest BCUT2D eigenvalue weighted by Gasteiger charge is 2.04. The number of allylic oxidation sites excluding steroid dienone is 1. The smallest absolute Gasteiger partial charge is 0.137 e. The van der Waals surface area contributed by atoms with Crippen molar-refractivity contribution in [3.8, 4) is 11.3 Å². The van der Waals surface area contributed by atoms with Crippen LogP contribution in [0.2, 0.25) is 0 Å². The molecule has 0 spiro atoms. The van der Waals surface area contributed by atoms with Crippen molar-refractivity contribution in [2.24, 2.45) is 0 Å². The normalized spacial score (nSPS) is 8.68. The van der Waals surface area contributed by atoms with E-state index in [2.05, 4.69) is 23.7 Å². The first-order valence-corrected chi connectivity index (χ1v) is 8.24. The van der Waals surface area contributed by atoms with E-state index in [9.17, 15) is 0 Å². The van der Waals surface area contributed by atoms with Gasteiger partial charge in [0, 0.05) is 18.0 Å². The summed E-state index contributed by atoms with van der Waals surface area (Å²) >= 11 is 0. The minimum absolute atomic E-state index is 0.899. The molecule has 1 aromatic carbocycles. The maximum atomic E-state index is 4.55. The standard InChI is InChI=1S/C14H14N2.3C2H6/c1-3-8-14-15-13(11-16(14)4-2)12-9-6-5-7-10-12;3*1-2/h3-11H,2H2,1H3;3*1-2H3/b8-3-;;;. The molecular formula is C20H32N2. The van der Waals surface area contributed by atoms with Gasteiger partial charge < -0.3 is 4.57 Å². The Kier molecular flexibility index (Phi) is 15.4. The number of imidazole rings is 1. The second-order valence-electron chi connectivity index (χ2n) is 3.44. The second-order valence-corrected chi connectivity index (χ2v) is 3.44. The van der Waals surface area contributed by atoms with E-state index < -0.39 is 0 Å². The molecule has 1 heterocycles. The van der Waals surface area contributed by atoms with Gasteiger partial charge in [-0.25, -0.2) is 4.98 Å². The molecule has 2 heteroatoms. The minimum atomic E-state index is 0.899. The molecule has 0 saturated heterocycles. The van der Waals surface area contributed by atoms with Gasteiger partial charge in [0.2, 0.25) is 0 Å². The second kappa shape index (κ2) is 15.3. The number of hydrogen-bond donors (Lipinski definition) is 0. The molecule has 0 atom stereocenters. The van der Waals surface area contributed by atoms with Gasteiger partial charge in [-0.2, -0.15) is 0 Å². The Bertz CT molecular complexity index is 508. The van der Waals surface area contributed by atoms with Gasteiger partial charge in [0.15, 0.2) is 0 Å². The van der Waals surface area contributed by atoms with E-state index in [0.29, 0.717) is 0 Å². The topological polar surface area (TPSA) is 17.8 Å². The third kappa shape index (κ3) is 7.07. The fourth-order valence-electron chi connectivity index (χ4n) is 1.57. The third-order valence-electron chi connectivity index (χ3n) is 2.34. The van der Waals surface area contributed by atoms with Gasteiger partial charge in [0.25, 0.3) is 0 Å². The Hall–Kier alpha value is -2.09. The molecule has 1 aromatic heterocycles. The van der Waals surface area contributed by atoms with Crippen LogP contribution in [-0.2, 0) is 0 Å². The Balaban J connectivity index is 0. The monoisotopic (exact) mass is 300 g/mol. The van der Waals surface area contributed by atoms with Gasteiger partial charge in [-0.1, -0.05) is 84.5 Å². The number of aromatic nitrogens is 2. The van der Waals surface area contributed by atoms with E-state index in [0.717, 1.165) is 17.1 Å². The Morgan fingerprint density at radius 1 is 0.955 bits per heavy atom. The number of hydrogen-bond acceptors (Lipinski definition) is 1. The molecule has 0 N–H and O–H groups in total. The van der Waals surface area contributed by atoms with Gasteiger partial charge in [0.1, 0.15) is 5.82 Å². The average molecular weight is 300 g/mol. The van der Waals surface area contributed by atoms with Crippen LogP contribution in [0.25, 0.3) is 23.5 Å². The summed E-state index contributed by atoms with van der Waals surface area (Å²) < 4.78 is 1.92. The summed E-state index contributed by atoms with van der Waals surface area (Å²) in [5.41, 5.74) is 2.09. The Morgan fingerprint density at radius 2 is 1.50 bits per heavy atom. The number of rotatable bonds is 3. The van der Waals surface area contributed by atoms with E-state index in [1.165, 1.54) is 0 Å². The summed E-state index contributed by atoms with van der Waals surface area (Å²) in [6.07, 6.45) is 7.68. The largest absolute Gasteiger partial charge is 0.307 e. The van der Waals surface area contributed by atoms with Crippen LogP contribution in [0.15, 0.2) is 49.2 Å². The number of benzene rings is 1. The lowest BCUT2D eigenvalue weighted by Gasteiger charge is -1.93. The molecule has 0 amide bonds. The SMILES string of the molecule is C=Cn1cc(-c2ccccc2)nc1/C=C\C.CC.CC.CC. The van der Waals surface area contributed by atoms with Crippen molar-refractivity contribution >= 4 is 12.3 Å². The molecule has 0 fully saturated rings. The summed E-state index contributed by atoms with van der Waals surface area (Å²) in [6, 6.07) is 10.1. The fraction of sp³-hybridized carbons (Fsp3) is 0.350. The van der Waals surface area contributed by atoms with Crippen LogP contribution in [0.1, 0.15) is 54.3 Å². The van der Waals surface area contributed by atoms with E-state index >= 15 is 0 Å². The molecule has 2 rings (SSSR count). The van der Waals surface area contributed by atoms with Crippen molar-refractivity contribution in [3.63, 3.8) is 0 Å². The molecule has 22 heavy (non-hydrogen) atoms. The maximum Gasteiger partial charge on any atom is 0.137 e. The molecule has 0 aliphatic heterocycles. The molecular weight excluding hydrogens is 268 g/mol. The molecule has 0 aliphatic rings. The van der Waals surface area contributed by atoms with E-state index in [-0.39, 0.29) is 0 Å². The summed E-state index contributed by atoms with van der Waals surface area (Å²) in [6.45, 7) is 17.7. The Labute approximate surface area is 137 Å². The van der Waals surface area contributed by atoms with Crippen LogP contribution in [0.3, 0.4) is 0 Å². The quantitative estimate of drug-likeness (QED) is 0.612. The van der Waals surface area contributed by atoms with Crippen LogP contribution in [-0.4, -0.2) is 9.55 Å². The van der Waals surface area contributed by atoms with E-state index in [4.69, 9.17) is 0 Å². The van der Waals surface area contributed by atoms with Crippen molar-refractivity contribution in [1.82, 2.24) is 9.55 Å². The summed E-state index contributed by atoms with van der Waals surface area (Å²) in [5, 5.41) is 0. The Morgan fingerprint density at radius 3 is 1.95 bits per heavy atom. The minimum Gasteiger partial charge on any atom is -0.307 e. The summed E-state index contributed by atoms with van der Waals surface area (Å²) in [7, 11) is 0. The first-order chi connectivity index (χ1) is 10.8. The van der Waals surface area contributed by atoms with Crippen molar-refractivity contribution < 1.29 is 0 Å². The molecule has 0 saturated carbocycles. The molecule has 0 bridgehead atoms. The van der Waals surface area contributed by atoms with E-state index in [1.54, 1.807) is 6.20 Å². The predicted octanol–water partition coefficient (Wildman–Crippen LogP) is 6.76. The van der Waals surface area contributed by atoms with Crippen LogP contribution in [0.4, 0.5) is 0 Å². The van der Waals surface area contributed by atoms with Crippen LogP contribution >= 0.6 is 0 Å². The molecule has 122 valence electrons. The zero-order valence-electron chi connectivity index (χ0n) is 15.3. The van der Waals surface area contributed by atoms with E-state index in [1.807, 2.05) is 89.6 Å². The van der Waals surface area contributed by atoms with Gasteiger partial charge in [-0.05, 0) is 13.0 Å².